The first-order valence-electron chi connectivity index (χ1n) is 13.3. The molecule has 0 radical (unpaired) electrons. The number of ether oxygens (including phenoxy) is 1. The summed E-state index contributed by atoms with van der Waals surface area (Å²) in [6, 6.07) is 36.0. The molecule has 4 aromatic carbocycles. The minimum absolute atomic E-state index is 0.0996. The molecule has 1 fully saturated rings. The third-order valence-corrected chi connectivity index (χ3v) is 8.12. The van der Waals surface area contributed by atoms with Crippen LogP contribution in [0, 0.1) is 6.92 Å². The van der Waals surface area contributed by atoms with Crippen LogP contribution >= 0.6 is 24.0 Å². The zero-order valence-electron chi connectivity index (χ0n) is 22.4. The molecule has 202 valence electrons. The lowest BCUT2D eigenvalue weighted by Gasteiger charge is -2.14. The van der Waals surface area contributed by atoms with Crippen LogP contribution in [0.1, 0.15) is 22.3 Å². The maximum absolute atomic E-state index is 13.4. The SMILES string of the molecule is Cc1ccc(COc2cccc(-c3nn(-c4ccccc4)cc3C=C3SC(=S)N(Cc4ccccc4)C3=O)c2)cc1. The van der Waals surface area contributed by atoms with Gasteiger partial charge in [-0.05, 0) is 48.4 Å². The maximum atomic E-state index is 13.4. The van der Waals surface area contributed by atoms with E-state index in [-0.39, 0.29) is 5.91 Å². The number of para-hydroxylation sites is 1. The van der Waals surface area contributed by atoms with Crippen molar-refractivity contribution in [1.82, 2.24) is 14.7 Å². The first-order valence-corrected chi connectivity index (χ1v) is 14.5. The average Bonchev–Trinajstić information content (AvgIpc) is 3.54. The van der Waals surface area contributed by atoms with Gasteiger partial charge in [0.2, 0.25) is 0 Å². The highest BCUT2D eigenvalue weighted by Gasteiger charge is 2.32. The number of thioether (sulfide) groups is 1. The zero-order chi connectivity index (χ0) is 28.2. The van der Waals surface area contributed by atoms with Gasteiger partial charge in [-0.1, -0.05) is 114 Å². The Morgan fingerprint density at radius 2 is 1.61 bits per heavy atom. The Balaban J connectivity index is 1.32. The van der Waals surface area contributed by atoms with E-state index in [9.17, 15) is 4.79 Å². The lowest BCUT2D eigenvalue weighted by molar-refractivity contribution is -0.122. The van der Waals surface area contributed by atoms with Gasteiger partial charge in [0.15, 0.2) is 0 Å². The Labute approximate surface area is 249 Å². The molecule has 0 spiro atoms. The molecule has 1 saturated heterocycles. The second-order valence-electron chi connectivity index (χ2n) is 9.77. The lowest BCUT2D eigenvalue weighted by Crippen LogP contribution is -2.27. The number of amides is 1. The Hall–Kier alpha value is -4.46. The van der Waals surface area contributed by atoms with Crippen LogP contribution < -0.4 is 4.74 Å². The van der Waals surface area contributed by atoms with E-state index in [1.54, 1.807) is 4.90 Å². The predicted molar refractivity (Wildman–Crippen MR) is 170 cm³/mol. The molecule has 0 unspecified atom stereocenters. The zero-order valence-corrected chi connectivity index (χ0v) is 24.1. The normalized spacial score (nSPS) is 14.2. The molecule has 7 heteroatoms. The average molecular weight is 574 g/mol. The number of carbonyl (C=O) groups is 1. The molecule has 41 heavy (non-hydrogen) atoms. The van der Waals surface area contributed by atoms with E-state index in [1.165, 1.54) is 17.3 Å². The number of hydrogen-bond donors (Lipinski definition) is 0. The summed E-state index contributed by atoms with van der Waals surface area (Å²) >= 11 is 6.92. The first kappa shape index (κ1) is 26.7. The maximum Gasteiger partial charge on any atom is 0.266 e. The molecule has 5 nitrogen and oxygen atoms in total. The topological polar surface area (TPSA) is 47.4 Å². The number of carbonyl (C=O) groups excluding carboxylic acids is 1. The van der Waals surface area contributed by atoms with Crippen LogP contribution in [0.2, 0.25) is 0 Å². The van der Waals surface area contributed by atoms with Gasteiger partial charge in [-0.15, -0.1) is 0 Å². The van der Waals surface area contributed by atoms with E-state index in [0.717, 1.165) is 39.4 Å². The fourth-order valence-corrected chi connectivity index (χ4v) is 5.80. The fourth-order valence-electron chi connectivity index (χ4n) is 4.56. The van der Waals surface area contributed by atoms with E-state index in [1.807, 2.05) is 102 Å². The van der Waals surface area contributed by atoms with Crippen LogP contribution in [-0.4, -0.2) is 24.9 Å². The third-order valence-electron chi connectivity index (χ3n) is 6.74. The van der Waals surface area contributed by atoms with Crippen LogP contribution in [0.4, 0.5) is 0 Å². The molecule has 5 aromatic rings. The smallest absolute Gasteiger partial charge is 0.266 e. The fraction of sp³-hybridized carbons (Fsp3) is 0.0882. The Kier molecular flexibility index (Phi) is 7.80. The summed E-state index contributed by atoms with van der Waals surface area (Å²) in [6.07, 6.45) is 3.85. The number of thiocarbonyl (C=S) groups is 1. The third kappa shape index (κ3) is 6.16. The Bertz CT molecular complexity index is 1730. The molecule has 1 aliphatic rings. The largest absolute Gasteiger partial charge is 0.489 e. The molecule has 1 aromatic heterocycles. The van der Waals surface area contributed by atoms with Gasteiger partial charge in [0, 0.05) is 17.3 Å². The van der Waals surface area contributed by atoms with Gasteiger partial charge in [0.25, 0.3) is 5.91 Å². The molecule has 0 bridgehead atoms. The molecule has 1 aliphatic heterocycles. The van der Waals surface area contributed by atoms with E-state index >= 15 is 0 Å². The molecular weight excluding hydrogens is 547 g/mol. The summed E-state index contributed by atoms with van der Waals surface area (Å²) in [6.45, 7) is 2.99. The number of aryl methyl sites for hydroxylation is 1. The molecule has 0 N–H and O–H groups in total. The van der Waals surface area contributed by atoms with Gasteiger partial charge >= 0.3 is 0 Å². The van der Waals surface area contributed by atoms with Crippen molar-refractivity contribution >= 4 is 40.3 Å². The number of nitrogens with zero attached hydrogens (tertiary/aromatic N) is 3. The van der Waals surface area contributed by atoms with Crippen molar-refractivity contribution in [2.24, 2.45) is 0 Å². The minimum Gasteiger partial charge on any atom is -0.489 e. The van der Waals surface area contributed by atoms with Gasteiger partial charge in [0.05, 0.1) is 17.1 Å². The van der Waals surface area contributed by atoms with Crippen molar-refractivity contribution < 1.29 is 9.53 Å². The summed E-state index contributed by atoms with van der Waals surface area (Å²) in [5.41, 5.74) is 6.75. The van der Waals surface area contributed by atoms with E-state index in [0.29, 0.717) is 22.4 Å². The van der Waals surface area contributed by atoms with Crippen LogP contribution in [0.5, 0.6) is 5.75 Å². The second kappa shape index (κ2) is 12.0. The summed E-state index contributed by atoms with van der Waals surface area (Å²) in [5.74, 6) is 0.648. The number of rotatable bonds is 8. The quantitative estimate of drug-likeness (QED) is 0.140. The van der Waals surface area contributed by atoms with Crippen molar-refractivity contribution in [1.29, 1.82) is 0 Å². The van der Waals surface area contributed by atoms with Gasteiger partial charge in [-0.2, -0.15) is 5.10 Å². The van der Waals surface area contributed by atoms with Crippen LogP contribution in [0.3, 0.4) is 0 Å². The second-order valence-corrected chi connectivity index (χ2v) is 11.4. The number of hydrogen-bond acceptors (Lipinski definition) is 5. The molecule has 6 rings (SSSR count). The highest BCUT2D eigenvalue weighted by molar-refractivity contribution is 8.26. The van der Waals surface area contributed by atoms with Crippen molar-refractivity contribution in [3.63, 3.8) is 0 Å². The monoisotopic (exact) mass is 573 g/mol. The summed E-state index contributed by atoms with van der Waals surface area (Å²) < 4.78 is 8.52. The van der Waals surface area contributed by atoms with Crippen molar-refractivity contribution in [3.05, 3.63) is 143 Å². The molecule has 0 atom stereocenters. The molecular formula is C34H27N3O2S2. The van der Waals surface area contributed by atoms with Gasteiger partial charge in [0.1, 0.15) is 22.4 Å². The molecule has 0 aliphatic carbocycles. The summed E-state index contributed by atoms with van der Waals surface area (Å²) in [5, 5.41) is 4.94. The standard InChI is InChI=1S/C34H27N3O2S2/c1-24-15-17-26(18-16-24)23-39-30-14-8-11-27(19-30)32-28(22-37(35-32)29-12-6-3-7-13-29)20-31-33(38)36(34(40)41-31)21-25-9-4-2-5-10-25/h2-20,22H,21,23H2,1H3. The van der Waals surface area contributed by atoms with E-state index in [4.69, 9.17) is 22.1 Å². The highest BCUT2D eigenvalue weighted by atomic mass is 32.2. The molecule has 2 heterocycles. The number of benzene rings is 4. The van der Waals surface area contributed by atoms with Crippen molar-refractivity contribution in [2.75, 3.05) is 0 Å². The van der Waals surface area contributed by atoms with Gasteiger partial charge in [-0.3, -0.25) is 9.69 Å². The Morgan fingerprint density at radius 3 is 2.37 bits per heavy atom. The predicted octanol–water partition coefficient (Wildman–Crippen LogP) is 7.83. The minimum atomic E-state index is -0.0996. The van der Waals surface area contributed by atoms with Crippen molar-refractivity contribution in [2.45, 2.75) is 20.1 Å². The van der Waals surface area contributed by atoms with E-state index in [2.05, 4.69) is 31.2 Å². The van der Waals surface area contributed by atoms with Gasteiger partial charge in [-0.25, -0.2) is 4.68 Å². The lowest BCUT2D eigenvalue weighted by atomic mass is 10.1. The summed E-state index contributed by atoms with van der Waals surface area (Å²) in [4.78, 5) is 15.7. The molecule has 0 saturated carbocycles. The highest BCUT2D eigenvalue weighted by Crippen LogP contribution is 2.36. The van der Waals surface area contributed by atoms with Crippen LogP contribution in [0.25, 0.3) is 23.0 Å². The van der Waals surface area contributed by atoms with Crippen LogP contribution in [0.15, 0.2) is 120 Å². The van der Waals surface area contributed by atoms with E-state index < -0.39 is 0 Å². The van der Waals surface area contributed by atoms with Crippen LogP contribution in [-0.2, 0) is 17.9 Å². The first-order chi connectivity index (χ1) is 20.0. The van der Waals surface area contributed by atoms with Gasteiger partial charge < -0.3 is 4.74 Å². The van der Waals surface area contributed by atoms with Crippen molar-refractivity contribution in [3.8, 4) is 22.7 Å². The Morgan fingerprint density at radius 1 is 0.878 bits per heavy atom. The number of aromatic nitrogens is 2. The molecule has 1 amide bonds. The summed E-state index contributed by atoms with van der Waals surface area (Å²) in [7, 11) is 0.